The minimum atomic E-state index is -4.45. The molecule has 0 atom stereocenters. The van der Waals surface area contributed by atoms with Crippen molar-refractivity contribution >= 4 is 33.4 Å². The first kappa shape index (κ1) is 15.2. The molecule has 0 bridgehead atoms. The third kappa shape index (κ3) is 4.45. The predicted molar refractivity (Wildman–Crippen MR) is 65.0 cm³/mol. The maximum absolute atomic E-state index is 12.4. The molecule has 1 heterocycles. The summed E-state index contributed by atoms with van der Waals surface area (Å²) >= 11 is 8.74. The van der Waals surface area contributed by atoms with E-state index in [0.717, 1.165) is 0 Å². The summed E-state index contributed by atoms with van der Waals surface area (Å²) in [7, 11) is 0. The molecule has 0 spiro atoms. The highest BCUT2D eigenvalue weighted by Gasteiger charge is 2.33. The van der Waals surface area contributed by atoms with E-state index in [2.05, 4.69) is 20.9 Å². The Morgan fingerprint density at radius 2 is 2.17 bits per heavy atom. The van der Waals surface area contributed by atoms with Crippen LogP contribution in [0.25, 0.3) is 0 Å². The Labute approximate surface area is 115 Å². The molecule has 1 aromatic rings. The molecule has 1 rings (SSSR count). The lowest BCUT2D eigenvalue weighted by Crippen LogP contribution is -2.40. The summed E-state index contributed by atoms with van der Waals surface area (Å²) in [6, 6.07) is 1.29. The molecule has 0 N–H and O–H groups in total. The third-order valence-electron chi connectivity index (χ3n) is 2.01. The first-order chi connectivity index (χ1) is 8.35. The van der Waals surface area contributed by atoms with Gasteiger partial charge in [-0.3, -0.25) is 9.78 Å². The molecule has 0 radical (unpaired) electrons. The van der Waals surface area contributed by atoms with Gasteiger partial charge in [0.15, 0.2) is 0 Å². The highest BCUT2D eigenvalue weighted by Crippen LogP contribution is 2.21. The molecule has 0 aliphatic heterocycles. The van der Waals surface area contributed by atoms with E-state index in [1.807, 2.05) is 0 Å². The highest BCUT2D eigenvalue weighted by molar-refractivity contribution is 9.09. The SMILES string of the molecule is O=C(c1ccncc1Cl)N(CCBr)CC(F)(F)F. The van der Waals surface area contributed by atoms with Crippen LogP contribution in [0.3, 0.4) is 0 Å². The van der Waals surface area contributed by atoms with Crippen molar-refractivity contribution < 1.29 is 18.0 Å². The largest absolute Gasteiger partial charge is 0.406 e. The van der Waals surface area contributed by atoms with Crippen LogP contribution in [0.5, 0.6) is 0 Å². The molecule has 0 aromatic carbocycles. The van der Waals surface area contributed by atoms with E-state index in [4.69, 9.17) is 11.6 Å². The van der Waals surface area contributed by atoms with Gasteiger partial charge >= 0.3 is 6.18 Å². The molecule has 1 aromatic heterocycles. The molecule has 0 unspecified atom stereocenters. The molecule has 3 nitrogen and oxygen atoms in total. The third-order valence-corrected chi connectivity index (χ3v) is 2.67. The number of carbonyl (C=O) groups is 1. The molecule has 100 valence electrons. The zero-order valence-electron chi connectivity index (χ0n) is 9.05. The van der Waals surface area contributed by atoms with Gasteiger partial charge in [-0.1, -0.05) is 27.5 Å². The number of carbonyl (C=O) groups excluding carboxylic acids is 1. The van der Waals surface area contributed by atoms with Crippen LogP contribution in [0.15, 0.2) is 18.5 Å². The van der Waals surface area contributed by atoms with Crippen molar-refractivity contribution in [3.63, 3.8) is 0 Å². The number of alkyl halides is 4. The van der Waals surface area contributed by atoms with Gasteiger partial charge in [-0.2, -0.15) is 13.2 Å². The predicted octanol–water partition coefficient (Wildman–Crippen LogP) is 3.13. The quantitative estimate of drug-likeness (QED) is 0.786. The zero-order chi connectivity index (χ0) is 13.8. The fraction of sp³-hybridized carbons (Fsp3) is 0.400. The zero-order valence-corrected chi connectivity index (χ0v) is 11.4. The second kappa shape index (κ2) is 6.38. The number of pyridine rings is 1. The van der Waals surface area contributed by atoms with Gasteiger partial charge < -0.3 is 4.90 Å². The van der Waals surface area contributed by atoms with E-state index in [9.17, 15) is 18.0 Å². The van der Waals surface area contributed by atoms with E-state index in [-0.39, 0.29) is 22.5 Å². The van der Waals surface area contributed by atoms with Crippen molar-refractivity contribution in [2.24, 2.45) is 0 Å². The van der Waals surface area contributed by atoms with Crippen LogP contribution in [-0.2, 0) is 0 Å². The van der Waals surface area contributed by atoms with Gasteiger partial charge in [-0.05, 0) is 6.07 Å². The maximum atomic E-state index is 12.4. The Hall–Kier alpha value is -0.820. The second-order valence-corrected chi connectivity index (χ2v) is 4.59. The maximum Gasteiger partial charge on any atom is 0.406 e. The Morgan fingerprint density at radius 1 is 1.50 bits per heavy atom. The summed E-state index contributed by atoms with van der Waals surface area (Å²) in [6.45, 7) is -1.37. The van der Waals surface area contributed by atoms with Crippen LogP contribution in [-0.4, -0.2) is 40.4 Å². The Morgan fingerprint density at radius 3 is 2.67 bits per heavy atom. The molecule has 0 aliphatic carbocycles. The van der Waals surface area contributed by atoms with Gasteiger partial charge in [0.05, 0.1) is 10.6 Å². The number of rotatable bonds is 4. The van der Waals surface area contributed by atoms with Crippen molar-refractivity contribution in [1.82, 2.24) is 9.88 Å². The van der Waals surface area contributed by atoms with Crippen LogP contribution < -0.4 is 0 Å². The summed E-state index contributed by atoms with van der Waals surface area (Å²) < 4.78 is 37.1. The molecule has 0 saturated heterocycles. The molecular formula is C10H9BrClF3N2O. The smallest absolute Gasteiger partial charge is 0.329 e. The van der Waals surface area contributed by atoms with Crippen molar-refractivity contribution in [1.29, 1.82) is 0 Å². The van der Waals surface area contributed by atoms with Gasteiger partial charge in [0.25, 0.3) is 5.91 Å². The molecule has 0 saturated carbocycles. The summed E-state index contributed by atoms with van der Waals surface area (Å²) in [5.74, 6) is -0.765. The van der Waals surface area contributed by atoms with Gasteiger partial charge in [0, 0.05) is 24.3 Å². The lowest BCUT2D eigenvalue weighted by atomic mass is 10.2. The van der Waals surface area contributed by atoms with E-state index < -0.39 is 18.6 Å². The number of aromatic nitrogens is 1. The first-order valence-electron chi connectivity index (χ1n) is 4.86. The first-order valence-corrected chi connectivity index (χ1v) is 6.36. The Balaban J connectivity index is 2.93. The van der Waals surface area contributed by atoms with Crippen molar-refractivity contribution in [2.75, 3.05) is 18.4 Å². The van der Waals surface area contributed by atoms with Crippen molar-refractivity contribution in [3.05, 3.63) is 29.0 Å². The fourth-order valence-electron chi connectivity index (χ4n) is 1.29. The van der Waals surface area contributed by atoms with Crippen LogP contribution in [0, 0.1) is 0 Å². The molecule has 8 heteroatoms. The van der Waals surface area contributed by atoms with E-state index >= 15 is 0 Å². The molecule has 0 aliphatic rings. The average molecular weight is 346 g/mol. The monoisotopic (exact) mass is 344 g/mol. The Kier molecular flexibility index (Phi) is 5.40. The van der Waals surface area contributed by atoms with Crippen LogP contribution in [0.1, 0.15) is 10.4 Å². The summed E-state index contributed by atoms with van der Waals surface area (Å²) in [5.41, 5.74) is 0.0110. The summed E-state index contributed by atoms with van der Waals surface area (Å²) in [5, 5.41) is 0.279. The van der Waals surface area contributed by atoms with Gasteiger partial charge in [-0.25, -0.2) is 0 Å². The minimum absolute atomic E-state index is 0.0110. The molecular weight excluding hydrogens is 336 g/mol. The van der Waals surface area contributed by atoms with Crippen molar-refractivity contribution in [2.45, 2.75) is 6.18 Å². The normalized spacial score (nSPS) is 11.4. The Bertz CT molecular complexity index is 428. The summed E-state index contributed by atoms with van der Waals surface area (Å²) in [6.07, 6.45) is -1.93. The summed E-state index contributed by atoms with van der Waals surface area (Å²) in [4.78, 5) is 16.3. The molecule has 18 heavy (non-hydrogen) atoms. The van der Waals surface area contributed by atoms with Crippen molar-refractivity contribution in [3.8, 4) is 0 Å². The van der Waals surface area contributed by atoms with Gasteiger partial charge in [0.1, 0.15) is 6.54 Å². The highest BCUT2D eigenvalue weighted by atomic mass is 79.9. The number of nitrogens with zero attached hydrogens (tertiary/aromatic N) is 2. The van der Waals surface area contributed by atoms with E-state index in [1.165, 1.54) is 18.5 Å². The van der Waals surface area contributed by atoms with Gasteiger partial charge in [0.2, 0.25) is 0 Å². The standard InChI is InChI=1S/C10H9BrClF3N2O/c11-2-4-17(6-10(13,14)15)9(18)7-1-3-16-5-8(7)12/h1,3,5H,2,4,6H2. The van der Waals surface area contributed by atoms with Gasteiger partial charge in [-0.15, -0.1) is 0 Å². The van der Waals surface area contributed by atoms with Crippen LogP contribution in [0.2, 0.25) is 5.02 Å². The fourth-order valence-corrected chi connectivity index (χ4v) is 1.92. The van der Waals surface area contributed by atoms with E-state index in [1.54, 1.807) is 0 Å². The number of amides is 1. The number of halogens is 5. The lowest BCUT2D eigenvalue weighted by Gasteiger charge is -2.23. The van der Waals surface area contributed by atoms with E-state index in [0.29, 0.717) is 4.90 Å². The molecule has 1 amide bonds. The second-order valence-electron chi connectivity index (χ2n) is 3.39. The number of hydrogen-bond acceptors (Lipinski definition) is 2. The molecule has 0 fully saturated rings. The minimum Gasteiger partial charge on any atom is -0.329 e. The average Bonchev–Trinajstić information content (AvgIpc) is 2.26. The van der Waals surface area contributed by atoms with Crippen LogP contribution in [0.4, 0.5) is 13.2 Å². The number of hydrogen-bond donors (Lipinski definition) is 0. The topological polar surface area (TPSA) is 33.2 Å². The van der Waals surface area contributed by atoms with Crippen LogP contribution >= 0.6 is 27.5 Å². The lowest BCUT2D eigenvalue weighted by molar-refractivity contribution is -0.140.